The van der Waals surface area contributed by atoms with E-state index < -0.39 is 0 Å². The van der Waals surface area contributed by atoms with E-state index in [1.807, 2.05) is 6.92 Å². The Bertz CT molecular complexity index is 31.2. The molecular formula is C4H10NO2. The van der Waals surface area contributed by atoms with Crippen LogP contribution in [0.5, 0.6) is 0 Å². The predicted octanol–water partition coefficient (Wildman–Crippen LogP) is 0.593. The van der Waals surface area contributed by atoms with Gasteiger partial charge in [-0.15, -0.1) is 0 Å². The van der Waals surface area contributed by atoms with E-state index >= 15 is 0 Å². The summed E-state index contributed by atoms with van der Waals surface area (Å²) in [6.45, 7) is 3.48. The molecule has 7 heavy (non-hydrogen) atoms. The van der Waals surface area contributed by atoms with Gasteiger partial charge < -0.3 is 0 Å². The Morgan fingerprint density at radius 2 is 1.71 bits per heavy atom. The minimum Gasteiger partial charge on any atom is -0.277 e. The van der Waals surface area contributed by atoms with Crippen LogP contribution in [-0.4, -0.2) is 19.4 Å². The maximum Gasteiger partial charge on any atom is 0.0800 e. The van der Waals surface area contributed by atoms with Crippen LogP contribution >= 0.6 is 0 Å². The molecule has 0 aliphatic heterocycles. The molecule has 0 fully saturated rings. The van der Waals surface area contributed by atoms with Gasteiger partial charge in [0.2, 0.25) is 0 Å². The van der Waals surface area contributed by atoms with Gasteiger partial charge in [-0.3, -0.25) is 9.68 Å². The van der Waals surface area contributed by atoms with Crippen LogP contribution in [0.25, 0.3) is 0 Å². The van der Waals surface area contributed by atoms with Gasteiger partial charge in [0.15, 0.2) is 0 Å². The van der Waals surface area contributed by atoms with E-state index in [0.717, 1.165) is 0 Å². The standard InChI is InChI=1S/C4H10NO2/c1-4-5(6-2)7-3/h4H,1-3H3. The number of nitrogens with zero attached hydrogens (tertiary/aromatic N) is 1. The summed E-state index contributed by atoms with van der Waals surface area (Å²) in [6, 6.07) is 0. The first-order valence-electron chi connectivity index (χ1n) is 2.02. The average Bonchev–Trinajstić information content (AvgIpc) is 1.72. The zero-order valence-electron chi connectivity index (χ0n) is 4.84. The second-order valence-corrected chi connectivity index (χ2v) is 0.909. The summed E-state index contributed by atoms with van der Waals surface area (Å²) in [4.78, 5) is 9.21. The van der Waals surface area contributed by atoms with Crippen molar-refractivity contribution in [2.24, 2.45) is 0 Å². The molecule has 0 rings (SSSR count). The lowest BCUT2D eigenvalue weighted by Gasteiger charge is -2.11. The van der Waals surface area contributed by atoms with Crippen LogP contribution in [0.1, 0.15) is 6.92 Å². The fourth-order valence-corrected chi connectivity index (χ4v) is 0.285. The van der Waals surface area contributed by atoms with E-state index in [0.29, 0.717) is 0 Å². The van der Waals surface area contributed by atoms with E-state index in [4.69, 9.17) is 0 Å². The third-order valence-electron chi connectivity index (χ3n) is 0.571. The average molecular weight is 104 g/mol. The Labute approximate surface area is 43.7 Å². The van der Waals surface area contributed by atoms with Crippen molar-refractivity contribution in [3.8, 4) is 0 Å². The minimum atomic E-state index is 1.25. The molecule has 0 aliphatic carbocycles. The second-order valence-electron chi connectivity index (χ2n) is 0.909. The summed E-state index contributed by atoms with van der Waals surface area (Å²) < 4.78 is 0. The van der Waals surface area contributed by atoms with Crippen molar-refractivity contribution in [2.45, 2.75) is 6.92 Å². The number of hydroxylamine groups is 2. The quantitative estimate of drug-likeness (QED) is 0.489. The van der Waals surface area contributed by atoms with Crippen LogP contribution < -0.4 is 0 Å². The van der Waals surface area contributed by atoms with Crippen molar-refractivity contribution in [1.82, 2.24) is 5.23 Å². The molecule has 0 saturated heterocycles. The van der Waals surface area contributed by atoms with Gasteiger partial charge in [0.25, 0.3) is 0 Å². The molecule has 0 unspecified atom stereocenters. The SMILES string of the molecule is C[CH]N(OC)OC. The summed E-state index contributed by atoms with van der Waals surface area (Å²) in [5, 5.41) is 1.25. The van der Waals surface area contributed by atoms with Crippen molar-refractivity contribution < 1.29 is 9.68 Å². The molecule has 0 aromatic heterocycles. The molecule has 0 atom stereocenters. The maximum atomic E-state index is 4.60. The summed E-state index contributed by atoms with van der Waals surface area (Å²) >= 11 is 0. The van der Waals surface area contributed by atoms with Crippen molar-refractivity contribution in [1.29, 1.82) is 0 Å². The zero-order chi connectivity index (χ0) is 5.70. The van der Waals surface area contributed by atoms with E-state index in [1.165, 1.54) is 19.4 Å². The van der Waals surface area contributed by atoms with Crippen LogP contribution in [0.4, 0.5) is 0 Å². The van der Waals surface area contributed by atoms with E-state index in [-0.39, 0.29) is 0 Å². The van der Waals surface area contributed by atoms with Crippen LogP contribution in [0, 0.1) is 6.54 Å². The first-order chi connectivity index (χ1) is 3.35. The number of hydrogen-bond acceptors (Lipinski definition) is 3. The van der Waals surface area contributed by atoms with Gasteiger partial charge >= 0.3 is 0 Å². The molecule has 3 heteroatoms. The largest absolute Gasteiger partial charge is 0.277 e. The molecule has 0 spiro atoms. The summed E-state index contributed by atoms with van der Waals surface area (Å²) in [6.07, 6.45) is 0. The molecule has 0 aromatic rings. The van der Waals surface area contributed by atoms with Gasteiger partial charge in [0, 0.05) is 0 Å². The molecule has 0 bridgehead atoms. The Kier molecular flexibility index (Phi) is 3.98. The highest BCUT2D eigenvalue weighted by Gasteiger charge is 1.91. The van der Waals surface area contributed by atoms with Crippen molar-refractivity contribution in [3.05, 3.63) is 6.54 Å². The van der Waals surface area contributed by atoms with Gasteiger partial charge in [-0.1, -0.05) is 5.23 Å². The van der Waals surface area contributed by atoms with Crippen molar-refractivity contribution in [2.75, 3.05) is 14.2 Å². The molecule has 1 radical (unpaired) electrons. The van der Waals surface area contributed by atoms with Gasteiger partial charge in [-0.05, 0) is 6.92 Å². The third kappa shape index (κ3) is 2.56. The summed E-state index contributed by atoms with van der Waals surface area (Å²) in [7, 11) is 3.06. The lowest BCUT2D eigenvalue weighted by atomic mass is 10.8. The predicted molar refractivity (Wildman–Crippen MR) is 25.8 cm³/mol. The molecule has 0 amide bonds. The van der Waals surface area contributed by atoms with E-state index in [9.17, 15) is 0 Å². The molecule has 0 saturated carbocycles. The first kappa shape index (κ1) is 6.88. The number of rotatable bonds is 3. The van der Waals surface area contributed by atoms with E-state index in [1.54, 1.807) is 6.54 Å². The number of hydrogen-bond donors (Lipinski definition) is 0. The maximum absolute atomic E-state index is 4.60. The molecule has 43 valence electrons. The molecule has 0 aromatic carbocycles. The molecule has 3 nitrogen and oxygen atoms in total. The summed E-state index contributed by atoms with van der Waals surface area (Å²) in [5.74, 6) is 0. The first-order valence-corrected chi connectivity index (χ1v) is 2.02. The van der Waals surface area contributed by atoms with Crippen LogP contribution in [-0.2, 0) is 9.68 Å². The third-order valence-corrected chi connectivity index (χ3v) is 0.571. The monoisotopic (exact) mass is 104 g/mol. The smallest absolute Gasteiger partial charge is 0.0800 e. The van der Waals surface area contributed by atoms with Crippen molar-refractivity contribution >= 4 is 0 Å². The Morgan fingerprint density at radius 3 is 1.71 bits per heavy atom. The lowest BCUT2D eigenvalue weighted by molar-refractivity contribution is -0.321. The highest BCUT2D eigenvalue weighted by molar-refractivity contribution is 4.35. The fraction of sp³-hybridized carbons (Fsp3) is 0.750. The highest BCUT2D eigenvalue weighted by atomic mass is 16.9. The zero-order valence-corrected chi connectivity index (χ0v) is 4.84. The van der Waals surface area contributed by atoms with Crippen LogP contribution in [0.15, 0.2) is 0 Å². The Morgan fingerprint density at radius 1 is 1.29 bits per heavy atom. The van der Waals surface area contributed by atoms with Crippen LogP contribution in [0.2, 0.25) is 0 Å². The van der Waals surface area contributed by atoms with Gasteiger partial charge in [0.05, 0.1) is 20.8 Å². The highest BCUT2D eigenvalue weighted by Crippen LogP contribution is 1.88. The van der Waals surface area contributed by atoms with E-state index in [2.05, 4.69) is 9.68 Å². The van der Waals surface area contributed by atoms with Crippen LogP contribution in [0.3, 0.4) is 0 Å². The van der Waals surface area contributed by atoms with Crippen molar-refractivity contribution in [3.63, 3.8) is 0 Å². The second kappa shape index (κ2) is 4.05. The Hall–Kier alpha value is -0.120. The molecule has 0 heterocycles. The molecule has 0 aliphatic rings. The molecule has 0 N–H and O–H groups in total. The van der Waals surface area contributed by atoms with Gasteiger partial charge in [-0.25, -0.2) is 0 Å². The van der Waals surface area contributed by atoms with Gasteiger partial charge in [-0.2, -0.15) is 0 Å². The normalized spacial score (nSPS) is 10.3. The molecular weight excluding hydrogens is 94.0 g/mol. The van der Waals surface area contributed by atoms with Gasteiger partial charge in [0.1, 0.15) is 0 Å². The summed E-state index contributed by atoms with van der Waals surface area (Å²) in [5.41, 5.74) is 0. The lowest BCUT2D eigenvalue weighted by Crippen LogP contribution is -2.15. The fourth-order valence-electron chi connectivity index (χ4n) is 0.285. The topological polar surface area (TPSA) is 21.7 Å². The Balaban J connectivity index is 2.99. The minimum absolute atomic E-state index is 1.25.